The topological polar surface area (TPSA) is 57.7 Å². The molecule has 38 heavy (non-hydrogen) atoms. The Labute approximate surface area is 224 Å². The molecular formula is C33H33N5. The molecule has 1 aliphatic heterocycles. The molecule has 1 N–H and O–H groups in total. The molecule has 190 valence electrons. The van der Waals surface area contributed by atoms with E-state index in [0.29, 0.717) is 0 Å². The maximum atomic E-state index is 4.74. The summed E-state index contributed by atoms with van der Waals surface area (Å²) in [6.45, 7) is 4.47. The Morgan fingerprint density at radius 2 is 1.50 bits per heavy atom. The van der Waals surface area contributed by atoms with E-state index >= 15 is 0 Å². The first-order valence-corrected chi connectivity index (χ1v) is 14.0. The summed E-state index contributed by atoms with van der Waals surface area (Å²) in [5.74, 6) is 0. The first-order valence-electron chi connectivity index (χ1n) is 14.0. The van der Waals surface area contributed by atoms with E-state index in [0.717, 1.165) is 58.0 Å². The third-order valence-electron chi connectivity index (χ3n) is 8.58. The van der Waals surface area contributed by atoms with Crippen LogP contribution >= 0.6 is 0 Å². The summed E-state index contributed by atoms with van der Waals surface area (Å²) in [5.41, 5.74) is 11.5. The van der Waals surface area contributed by atoms with Crippen molar-refractivity contribution in [3.8, 4) is 33.6 Å². The number of hydrogen-bond acceptors (Lipinski definition) is 4. The van der Waals surface area contributed by atoms with Crippen molar-refractivity contribution in [2.75, 3.05) is 13.1 Å². The number of hydrogen-bond donors (Lipinski definition) is 1. The van der Waals surface area contributed by atoms with E-state index in [9.17, 15) is 0 Å². The predicted octanol–water partition coefficient (Wildman–Crippen LogP) is 7.01. The summed E-state index contributed by atoms with van der Waals surface area (Å²) >= 11 is 0. The zero-order valence-corrected chi connectivity index (χ0v) is 22.0. The van der Waals surface area contributed by atoms with Crippen molar-refractivity contribution in [2.24, 2.45) is 0 Å². The summed E-state index contributed by atoms with van der Waals surface area (Å²) in [4.78, 5) is 12.0. The van der Waals surface area contributed by atoms with E-state index in [1.807, 2.05) is 18.5 Å². The van der Waals surface area contributed by atoms with E-state index in [2.05, 4.69) is 81.6 Å². The van der Waals surface area contributed by atoms with Crippen LogP contribution in [0, 0.1) is 6.92 Å². The summed E-state index contributed by atoms with van der Waals surface area (Å²) in [7, 11) is 0. The maximum Gasteiger partial charge on any atom is 0.155 e. The fourth-order valence-electron chi connectivity index (χ4n) is 6.41. The van der Waals surface area contributed by atoms with Crippen LogP contribution in [0.5, 0.6) is 0 Å². The second kappa shape index (κ2) is 9.80. The van der Waals surface area contributed by atoms with Gasteiger partial charge >= 0.3 is 0 Å². The summed E-state index contributed by atoms with van der Waals surface area (Å²) in [6.07, 6.45) is 11.7. The molecule has 5 nitrogen and oxygen atoms in total. The lowest BCUT2D eigenvalue weighted by molar-refractivity contribution is 0.208. The average molecular weight is 500 g/mol. The molecule has 0 bridgehead atoms. The first kappa shape index (κ1) is 23.3. The minimum atomic E-state index is 0.803. The van der Waals surface area contributed by atoms with Gasteiger partial charge in [0.1, 0.15) is 5.69 Å². The number of nitrogens with zero attached hydrogens (tertiary/aromatic N) is 4. The Morgan fingerprint density at radius 1 is 0.763 bits per heavy atom. The summed E-state index contributed by atoms with van der Waals surface area (Å²) in [5, 5.41) is 8.82. The van der Waals surface area contributed by atoms with Crippen molar-refractivity contribution in [3.05, 3.63) is 89.7 Å². The number of fused-ring (bicyclic) bond motifs is 2. The lowest BCUT2D eigenvalue weighted by Crippen LogP contribution is -2.35. The van der Waals surface area contributed by atoms with Gasteiger partial charge in [-0.25, -0.2) is 4.98 Å². The molecule has 0 radical (unpaired) electrons. The Balaban J connectivity index is 1.17. The highest BCUT2D eigenvalue weighted by atomic mass is 15.2. The molecule has 0 unspecified atom stereocenters. The third kappa shape index (κ3) is 4.31. The molecule has 1 aliphatic carbocycles. The van der Waals surface area contributed by atoms with Crippen LogP contribution in [-0.4, -0.2) is 44.2 Å². The van der Waals surface area contributed by atoms with E-state index < -0.39 is 0 Å². The highest BCUT2D eigenvalue weighted by molar-refractivity contribution is 5.93. The number of benzene rings is 2. The number of aromatic nitrogens is 4. The van der Waals surface area contributed by atoms with Crippen molar-refractivity contribution < 1.29 is 0 Å². The van der Waals surface area contributed by atoms with Gasteiger partial charge < -0.3 is 0 Å². The summed E-state index contributed by atoms with van der Waals surface area (Å²) in [6, 6.07) is 22.7. The van der Waals surface area contributed by atoms with Crippen LogP contribution in [-0.2, 0) is 12.8 Å². The minimum Gasteiger partial charge on any atom is -0.300 e. The van der Waals surface area contributed by atoms with Gasteiger partial charge in [0.25, 0.3) is 0 Å². The van der Waals surface area contributed by atoms with Crippen molar-refractivity contribution >= 4 is 11.0 Å². The molecule has 5 heteroatoms. The highest BCUT2D eigenvalue weighted by Crippen LogP contribution is 2.33. The molecule has 0 saturated heterocycles. The Kier molecular flexibility index (Phi) is 6.01. The fraction of sp³-hybridized carbons (Fsp3) is 0.303. The van der Waals surface area contributed by atoms with Gasteiger partial charge in [0.05, 0.1) is 5.69 Å². The SMILES string of the molecule is Cc1cccnc1-c1ccc(-c2n[nH]c3ncc(-c4ccc5c(c4)CCN(C4CCCC4)CC5)cc23)cc1. The molecular weight excluding hydrogens is 466 g/mol. The second-order valence-corrected chi connectivity index (χ2v) is 10.9. The first-order chi connectivity index (χ1) is 18.7. The number of H-pyrrole nitrogens is 1. The minimum absolute atomic E-state index is 0.803. The van der Waals surface area contributed by atoms with Gasteiger partial charge in [0, 0.05) is 53.6 Å². The van der Waals surface area contributed by atoms with Crippen molar-refractivity contribution in [3.63, 3.8) is 0 Å². The van der Waals surface area contributed by atoms with Crippen LogP contribution in [0.1, 0.15) is 42.4 Å². The Morgan fingerprint density at radius 3 is 2.29 bits per heavy atom. The zero-order valence-electron chi connectivity index (χ0n) is 22.0. The van der Waals surface area contributed by atoms with E-state index in [-0.39, 0.29) is 0 Å². The van der Waals surface area contributed by atoms with Crippen LogP contribution < -0.4 is 0 Å². The quantitative estimate of drug-likeness (QED) is 0.289. The smallest absolute Gasteiger partial charge is 0.155 e. The van der Waals surface area contributed by atoms with Gasteiger partial charge in [-0.05, 0) is 67.0 Å². The van der Waals surface area contributed by atoms with E-state index in [4.69, 9.17) is 4.98 Å². The number of rotatable bonds is 4. The molecule has 0 spiro atoms. The molecule has 0 atom stereocenters. The zero-order chi connectivity index (χ0) is 25.5. The van der Waals surface area contributed by atoms with E-state index in [1.54, 1.807) is 0 Å². The number of aryl methyl sites for hydroxylation is 1. The number of nitrogens with one attached hydrogen (secondary N) is 1. The largest absolute Gasteiger partial charge is 0.300 e. The molecule has 5 aromatic rings. The molecule has 1 saturated carbocycles. The van der Waals surface area contributed by atoms with Gasteiger partial charge in [-0.2, -0.15) is 5.10 Å². The standard InChI is InChI=1S/C33H33N5/c1-22-5-4-16-34-31(22)24-9-11-25(12-10-24)32-30-20-28(21-35-33(30)37-36-32)26-13-8-23-14-17-38(18-15-27(23)19-26)29-6-2-3-7-29/h4-5,8-13,16,19-21,29H,2-3,6-7,14-15,17-18H2,1H3,(H,35,36,37). The van der Waals surface area contributed by atoms with Crippen molar-refractivity contribution in [1.29, 1.82) is 0 Å². The molecule has 1 fully saturated rings. The molecule has 0 amide bonds. The number of pyridine rings is 2. The van der Waals surface area contributed by atoms with Crippen LogP contribution in [0.25, 0.3) is 44.7 Å². The molecule has 2 aliphatic rings. The van der Waals surface area contributed by atoms with Crippen LogP contribution in [0.4, 0.5) is 0 Å². The van der Waals surface area contributed by atoms with Gasteiger partial charge in [0.2, 0.25) is 0 Å². The van der Waals surface area contributed by atoms with Crippen molar-refractivity contribution in [1.82, 2.24) is 25.1 Å². The lowest BCUT2D eigenvalue weighted by atomic mass is 9.96. The second-order valence-electron chi connectivity index (χ2n) is 10.9. The van der Waals surface area contributed by atoms with Crippen molar-refractivity contribution in [2.45, 2.75) is 51.5 Å². The van der Waals surface area contributed by atoms with E-state index in [1.165, 1.54) is 61.0 Å². The third-order valence-corrected chi connectivity index (χ3v) is 8.58. The predicted molar refractivity (Wildman–Crippen MR) is 154 cm³/mol. The molecule has 7 rings (SSSR count). The monoisotopic (exact) mass is 499 g/mol. The highest BCUT2D eigenvalue weighted by Gasteiger charge is 2.24. The lowest BCUT2D eigenvalue weighted by Gasteiger charge is -2.26. The normalized spacial score (nSPS) is 16.6. The van der Waals surface area contributed by atoms with Gasteiger partial charge in [0.15, 0.2) is 5.65 Å². The Hall–Kier alpha value is -3.83. The van der Waals surface area contributed by atoms with Gasteiger partial charge in [-0.15, -0.1) is 0 Å². The fourth-order valence-corrected chi connectivity index (χ4v) is 6.41. The molecule has 4 heterocycles. The van der Waals surface area contributed by atoms with Crippen LogP contribution in [0.15, 0.2) is 73.1 Å². The van der Waals surface area contributed by atoms with Crippen LogP contribution in [0.3, 0.4) is 0 Å². The molecule has 3 aromatic heterocycles. The average Bonchev–Trinajstić information content (AvgIpc) is 3.60. The van der Waals surface area contributed by atoms with Crippen LogP contribution in [0.2, 0.25) is 0 Å². The summed E-state index contributed by atoms with van der Waals surface area (Å²) < 4.78 is 0. The van der Waals surface area contributed by atoms with Gasteiger partial charge in [-0.3, -0.25) is 15.0 Å². The van der Waals surface area contributed by atoms with Gasteiger partial charge in [-0.1, -0.05) is 61.4 Å². The maximum absolute atomic E-state index is 4.74. The Bertz CT molecular complexity index is 1590. The number of aromatic amines is 1. The molecule has 2 aromatic carbocycles.